The molecule has 15 heavy (non-hydrogen) atoms. The normalized spacial score (nSPS) is 21.2. The standard InChI is InChI=1S/C12H14N2O/c1-2-12-11(14-8-15-12)6-9(1)5-10-3-4-13-7-10/h1-2,6,8,10,13H,3-5,7H2. The van der Waals surface area contributed by atoms with Gasteiger partial charge in [-0.25, -0.2) is 4.98 Å². The average molecular weight is 202 g/mol. The molecule has 1 aliphatic rings. The van der Waals surface area contributed by atoms with Crippen LogP contribution in [0.1, 0.15) is 12.0 Å². The summed E-state index contributed by atoms with van der Waals surface area (Å²) in [6.45, 7) is 2.31. The Morgan fingerprint density at radius 1 is 1.47 bits per heavy atom. The van der Waals surface area contributed by atoms with Crippen molar-refractivity contribution in [2.75, 3.05) is 13.1 Å². The van der Waals surface area contributed by atoms with Gasteiger partial charge in [-0.15, -0.1) is 0 Å². The lowest BCUT2D eigenvalue weighted by Crippen LogP contribution is -2.10. The first-order chi connectivity index (χ1) is 7.42. The number of nitrogens with zero attached hydrogens (tertiary/aromatic N) is 1. The van der Waals surface area contributed by atoms with E-state index >= 15 is 0 Å². The van der Waals surface area contributed by atoms with Crippen molar-refractivity contribution in [3.63, 3.8) is 0 Å². The van der Waals surface area contributed by atoms with Crippen LogP contribution < -0.4 is 5.32 Å². The molecule has 2 aromatic rings. The summed E-state index contributed by atoms with van der Waals surface area (Å²) in [5.74, 6) is 0.786. The van der Waals surface area contributed by atoms with Gasteiger partial charge in [-0.1, -0.05) is 6.07 Å². The zero-order valence-corrected chi connectivity index (χ0v) is 8.57. The molecule has 1 aromatic carbocycles. The molecular formula is C12H14N2O. The highest BCUT2D eigenvalue weighted by Gasteiger charge is 2.15. The lowest BCUT2D eigenvalue weighted by atomic mass is 9.98. The van der Waals surface area contributed by atoms with Gasteiger partial charge in [0.05, 0.1) is 0 Å². The number of hydrogen-bond acceptors (Lipinski definition) is 3. The molecule has 1 unspecified atom stereocenters. The third kappa shape index (κ3) is 1.75. The van der Waals surface area contributed by atoms with Gasteiger partial charge in [0.1, 0.15) is 5.52 Å². The second-order valence-corrected chi connectivity index (χ2v) is 4.22. The van der Waals surface area contributed by atoms with Gasteiger partial charge in [0.15, 0.2) is 12.0 Å². The topological polar surface area (TPSA) is 38.1 Å². The number of oxazole rings is 1. The van der Waals surface area contributed by atoms with Gasteiger partial charge < -0.3 is 9.73 Å². The van der Waals surface area contributed by atoms with E-state index in [4.69, 9.17) is 4.42 Å². The quantitative estimate of drug-likeness (QED) is 0.809. The van der Waals surface area contributed by atoms with Crippen molar-refractivity contribution < 1.29 is 4.42 Å². The zero-order chi connectivity index (χ0) is 10.1. The summed E-state index contributed by atoms with van der Waals surface area (Å²) in [6, 6.07) is 6.29. The molecule has 0 aliphatic carbocycles. The van der Waals surface area contributed by atoms with E-state index in [1.165, 1.54) is 18.4 Å². The van der Waals surface area contributed by atoms with Crippen LogP contribution in [0.4, 0.5) is 0 Å². The second-order valence-electron chi connectivity index (χ2n) is 4.22. The molecule has 78 valence electrons. The highest BCUT2D eigenvalue weighted by atomic mass is 16.3. The molecule has 3 rings (SSSR count). The summed E-state index contributed by atoms with van der Waals surface area (Å²) in [6.07, 6.45) is 3.94. The van der Waals surface area contributed by atoms with E-state index in [0.717, 1.165) is 36.5 Å². The van der Waals surface area contributed by atoms with Crippen molar-refractivity contribution in [1.29, 1.82) is 0 Å². The second kappa shape index (κ2) is 3.66. The Kier molecular flexibility index (Phi) is 2.18. The van der Waals surface area contributed by atoms with Crippen LogP contribution in [0, 0.1) is 5.92 Å². The van der Waals surface area contributed by atoms with E-state index in [1.54, 1.807) is 0 Å². The van der Waals surface area contributed by atoms with Crippen LogP contribution >= 0.6 is 0 Å². The Morgan fingerprint density at radius 2 is 2.47 bits per heavy atom. The molecule has 0 amide bonds. The molecule has 1 N–H and O–H groups in total. The Morgan fingerprint density at radius 3 is 3.33 bits per heavy atom. The first kappa shape index (κ1) is 8.92. The van der Waals surface area contributed by atoms with Crippen LogP contribution in [0.2, 0.25) is 0 Å². The minimum Gasteiger partial charge on any atom is -0.443 e. The van der Waals surface area contributed by atoms with Crippen LogP contribution in [0.5, 0.6) is 0 Å². The lowest BCUT2D eigenvalue weighted by Gasteiger charge is -2.07. The summed E-state index contributed by atoms with van der Waals surface area (Å²) in [5.41, 5.74) is 3.21. The fraction of sp³-hybridized carbons (Fsp3) is 0.417. The number of rotatable bonds is 2. The van der Waals surface area contributed by atoms with Gasteiger partial charge in [0.2, 0.25) is 0 Å². The largest absolute Gasteiger partial charge is 0.443 e. The van der Waals surface area contributed by atoms with Crippen molar-refractivity contribution in [2.24, 2.45) is 5.92 Å². The SMILES string of the molecule is c1nc2cc(CC3CCNC3)ccc2o1. The van der Waals surface area contributed by atoms with Crippen molar-refractivity contribution >= 4 is 11.1 Å². The number of nitrogens with one attached hydrogen (secondary N) is 1. The molecule has 0 bridgehead atoms. The van der Waals surface area contributed by atoms with Crippen LogP contribution in [-0.2, 0) is 6.42 Å². The molecule has 1 aromatic heterocycles. The van der Waals surface area contributed by atoms with Gasteiger partial charge in [-0.2, -0.15) is 0 Å². The Bertz CT molecular complexity index is 457. The average Bonchev–Trinajstić information content (AvgIpc) is 2.87. The Labute approximate surface area is 88.5 Å². The highest BCUT2D eigenvalue weighted by Crippen LogP contribution is 2.19. The van der Waals surface area contributed by atoms with E-state index in [1.807, 2.05) is 6.07 Å². The number of aromatic nitrogens is 1. The summed E-state index contributed by atoms with van der Waals surface area (Å²) in [7, 11) is 0. The third-order valence-corrected chi connectivity index (χ3v) is 3.08. The first-order valence-electron chi connectivity index (χ1n) is 5.45. The van der Waals surface area contributed by atoms with E-state index in [0.29, 0.717) is 0 Å². The first-order valence-corrected chi connectivity index (χ1v) is 5.45. The fourth-order valence-electron chi connectivity index (χ4n) is 2.25. The van der Waals surface area contributed by atoms with E-state index in [-0.39, 0.29) is 0 Å². The van der Waals surface area contributed by atoms with Gasteiger partial charge in [0, 0.05) is 0 Å². The summed E-state index contributed by atoms with van der Waals surface area (Å²) >= 11 is 0. The molecule has 3 heteroatoms. The van der Waals surface area contributed by atoms with Gasteiger partial charge in [0.25, 0.3) is 0 Å². The van der Waals surface area contributed by atoms with Crippen LogP contribution in [0.3, 0.4) is 0 Å². The number of fused-ring (bicyclic) bond motifs is 1. The number of hydrogen-bond donors (Lipinski definition) is 1. The highest BCUT2D eigenvalue weighted by molar-refractivity contribution is 5.72. The Hall–Kier alpha value is -1.35. The minimum atomic E-state index is 0.786. The summed E-state index contributed by atoms with van der Waals surface area (Å²) < 4.78 is 5.22. The summed E-state index contributed by atoms with van der Waals surface area (Å²) in [4.78, 5) is 4.17. The molecular weight excluding hydrogens is 188 g/mol. The molecule has 0 spiro atoms. The molecule has 2 heterocycles. The van der Waals surface area contributed by atoms with E-state index in [2.05, 4.69) is 22.4 Å². The molecule has 1 fully saturated rings. The van der Waals surface area contributed by atoms with E-state index < -0.39 is 0 Å². The molecule has 1 saturated heterocycles. The minimum absolute atomic E-state index is 0.786. The molecule has 0 saturated carbocycles. The third-order valence-electron chi connectivity index (χ3n) is 3.08. The van der Waals surface area contributed by atoms with E-state index in [9.17, 15) is 0 Å². The van der Waals surface area contributed by atoms with Gasteiger partial charge in [-0.3, -0.25) is 0 Å². The zero-order valence-electron chi connectivity index (χ0n) is 8.57. The van der Waals surface area contributed by atoms with Gasteiger partial charge in [-0.05, 0) is 49.5 Å². The van der Waals surface area contributed by atoms with Crippen LogP contribution in [-0.4, -0.2) is 18.1 Å². The fourth-order valence-corrected chi connectivity index (χ4v) is 2.25. The van der Waals surface area contributed by atoms with Crippen molar-refractivity contribution in [3.05, 3.63) is 30.2 Å². The lowest BCUT2D eigenvalue weighted by molar-refractivity contribution is 0.580. The van der Waals surface area contributed by atoms with Crippen LogP contribution in [0.25, 0.3) is 11.1 Å². The van der Waals surface area contributed by atoms with Crippen molar-refractivity contribution in [2.45, 2.75) is 12.8 Å². The number of benzene rings is 1. The Balaban J connectivity index is 1.84. The maximum absolute atomic E-state index is 5.22. The predicted octanol–water partition coefficient (Wildman–Crippen LogP) is 1.98. The molecule has 0 radical (unpaired) electrons. The molecule has 1 atom stereocenters. The molecule has 3 nitrogen and oxygen atoms in total. The maximum atomic E-state index is 5.22. The van der Waals surface area contributed by atoms with Crippen molar-refractivity contribution in [3.8, 4) is 0 Å². The smallest absolute Gasteiger partial charge is 0.181 e. The molecule has 1 aliphatic heterocycles. The van der Waals surface area contributed by atoms with Crippen LogP contribution in [0.15, 0.2) is 29.0 Å². The van der Waals surface area contributed by atoms with Crippen molar-refractivity contribution in [1.82, 2.24) is 10.3 Å². The maximum Gasteiger partial charge on any atom is 0.181 e. The predicted molar refractivity (Wildman–Crippen MR) is 58.7 cm³/mol. The van der Waals surface area contributed by atoms with Gasteiger partial charge >= 0.3 is 0 Å². The monoisotopic (exact) mass is 202 g/mol. The summed E-state index contributed by atoms with van der Waals surface area (Å²) in [5, 5.41) is 3.39.